The molecule has 156 valence electrons. The summed E-state index contributed by atoms with van der Waals surface area (Å²) >= 11 is 7.06. The molecule has 0 saturated carbocycles. The Kier molecular flexibility index (Phi) is 10.7. The second-order valence-corrected chi connectivity index (χ2v) is 9.65. The van der Waals surface area contributed by atoms with E-state index in [-0.39, 0.29) is 46.5 Å². The van der Waals surface area contributed by atoms with Crippen LogP contribution < -0.4 is 10.6 Å². The minimum atomic E-state index is -3.50. The van der Waals surface area contributed by atoms with Gasteiger partial charge >= 0.3 is 0 Å². The van der Waals surface area contributed by atoms with Gasteiger partial charge in [0.15, 0.2) is 15.8 Å². The van der Waals surface area contributed by atoms with E-state index < -0.39 is 15.9 Å². The predicted octanol–water partition coefficient (Wildman–Crippen LogP) is 3.47. The van der Waals surface area contributed by atoms with Crippen LogP contribution in [0.25, 0.3) is 0 Å². The number of halogens is 2. The highest BCUT2D eigenvalue weighted by atomic mass is 127. The van der Waals surface area contributed by atoms with Gasteiger partial charge in [-0.1, -0.05) is 29.8 Å². The average Bonchev–Trinajstić information content (AvgIpc) is 3.15. The summed E-state index contributed by atoms with van der Waals surface area (Å²) in [5.74, 6) is 0.149. The summed E-state index contributed by atoms with van der Waals surface area (Å²) in [6, 6.07) is 10.7. The van der Waals surface area contributed by atoms with Crippen molar-refractivity contribution in [2.45, 2.75) is 30.2 Å². The predicted molar refractivity (Wildman–Crippen MR) is 127 cm³/mol. The van der Waals surface area contributed by atoms with Crippen LogP contribution in [0.2, 0.25) is 5.02 Å². The average molecular weight is 558 g/mol. The molecule has 1 aromatic carbocycles. The summed E-state index contributed by atoms with van der Waals surface area (Å²) in [7, 11) is -3.50. The van der Waals surface area contributed by atoms with Crippen LogP contribution >= 0.6 is 46.9 Å². The van der Waals surface area contributed by atoms with Gasteiger partial charge in [0.1, 0.15) is 4.21 Å². The van der Waals surface area contributed by atoms with E-state index in [1.165, 1.54) is 6.07 Å². The molecule has 6 nitrogen and oxygen atoms in total. The molecule has 0 aliphatic rings. The van der Waals surface area contributed by atoms with Crippen molar-refractivity contribution in [2.75, 3.05) is 18.8 Å². The number of benzene rings is 1. The zero-order chi connectivity index (χ0) is 19.9. The second-order valence-electron chi connectivity index (χ2n) is 6.00. The fraction of sp³-hybridized carbons (Fsp3) is 0.389. The smallest absolute Gasteiger partial charge is 0.191 e. The molecule has 0 aliphatic heterocycles. The Balaban J connectivity index is 0.00000392. The molecule has 0 amide bonds. The highest BCUT2D eigenvalue weighted by molar-refractivity contribution is 14.0. The van der Waals surface area contributed by atoms with Gasteiger partial charge in [0.25, 0.3) is 0 Å². The first-order valence-electron chi connectivity index (χ1n) is 8.56. The van der Waals surface area contributed by atoms with Crippen molar-refractivity contribution in [2.24, 2.45) is 4.99 Å². The Labute approximate surface area is 192 Å². The largest absolute Gasteiger partial charge is 0.390 e. The molecule has 2 rings (SSSR count). The Bertz CT molecular complexity index is 843. The van der Waals surface area contributed by atoms with E-state index in [2.05, 4.69) is 15.6 Å². The van der Waals surface area contributed by atoms with E-state index >= 15 is 0 Å². The quantitative estimate of drug-likeness (QED) is 0.263. The number of aliphatic imine (C=N–C) groups is 1. The number of nitrogens with zero attached hydrogens (tertiary/aromatic N) is 1. The molecule has 3 N–H and O–H groups in total. The molecule has 0 aliphatic carbocycles. The molecule has 2 atom stereocenters. The molecule has 0 fully saturated rings. The van der Waals surface area contributed by atoms with Crippen molar-refractivity contribution >= 4 is 62.7 Å². The van der Waals surface area contributed by atoms with Crippen molar-refractivity contribution in [3.8, 4) is 0 Å². The van der Waals surface area contributed by atoms with Gasteiger partial charge in [-0.05, 0) is 43.0 Å². The monoisotopic (exact) mass is 557 g/mol. The van der Waals surface area contributed by atoms with Gasteiger partial charge in [-0.15, -0.1) is 35.3 Å². The number of rotatable bonds is 8. The molecular formula is C18H25ClIN3O3S2. The summed E-state index contributed by atoms with van der Waals surface area (Å²) in [6.07, 6.45) is -1.08. The number of hydrogen-bond acceptors (Lipinski definition) is 5. The van der Waals surface area contributed by atoms with E-state index in [0.717, 1.165) is 16.9 Å². The first kappa shape index (κ1) is 25.2. The van der Waals surface area contributed by atoms with Crippen molar-refractivity contribution in [1.82, 2.24) is 10.6 Å². The van der Waals surface area contributed by atoms with E-state index in [1.807, 2.05) is 38.1 Å². The highest BCUT2D eigenvalue weighted by Crippen LogP contribution is 2.18. The summed E-state index contributed by atoms with van der Waals surface area (Å²) in [4.78, 5) is 4.32. The number of aliphatic hydroxyl groups excluding tert-OH is 1. The number of guanidine groups is 1. The third-order valence-corrected chi connectivity index (χ3v) is 7.28. The maximum atomic E-state index is 12.2. The second kappa shape index (κ2) is 12.0. The van der Waals surface area contributed by atoms with Gasteiger partial charge in [-0.25, -0.2) is 8.42 Å². The molecule has 10 heteroatoms. The van der Waals surface area contributed by atoms with E-state index in [4.69, 9.17) is 11.6 Å². The maximum absolute atomic E-state index is 12.2. The van der Waals surface area contributed by atoms with E-state index in [1.54, 1.807) is 11.4 Å². The molecule has 0 radical (unpaired) electrons. The first-order chi connectivity index (χ1) is 12.8. The van der Waals surface area contributed by atoms with Crippen LogP contribution in [-0.2, 0) is 9.84 Å². The van der Waals surface area contributed by atoms with Crippen molar-refractivity contribution in [1.29, 1.82) is 0 Å². The summed E-state index contributed by atoms with van der Waals surface area (Å²) < 4.78 is 24.7. The molecule has 0 bridgehead atoms. The number of hydrogen-bond donors (Lipinski definition) is 3. The highest BCUT2D eigenvalue weighted by Gasteiger charge is 2.20. The van der Waals surface area contributed by atoms with Gasteiger partial charge in [-0.3, -0.25) is 4.99 Å². The zero-order valence-corrected chi connectivity index (χ0v) is 20.4. The number of nitrogens with one attached hydrogen (secondary N) is 2. The van der Waals surface area contributed by atoms with Crippen LogP contribution in [-0.4, -0.2) is 44.4 Å². The lowest BCUT2D eigenvalue weighted by Crippen LogP contribution is -2.39. The van der Waals surface area contributed by atoms with E-state index in [9.17, 15) is 13.5 Å². The lowest BCUT2D eigenvalue weighted by molar-refractivity contribution is 0.206. The Morgan fingerprint density at radius 1 is 1.29 bits per heavy atom. The van der Waals surface area contributed by atoms with Crippen LogP contribution in [0.5, 0.6) is 0 Å². The minimum absolute atomic E-state index is 0. The first-order valence-corrected chi connectivity index (χ1v) is 11.5. The molecule has 0 spiro atoms. The summed E-state index contributed by atoms with van der Waals surface area (Å²) in [5.41, 5.74) is 1.03. The van der Waals surface area contributed by atoms with Crippen LogP contribution in [0.1, 0.15) is 25.5 Å². The van der Waals surface area contributed by atoms with Crippen molar-refractivity contribution in [3.63, 3.8) is 0 Å². The Hall–Kier alpha value is -0.880. The third kappa shape index (κ3) is 7.86. The molecule has 1 heterocycles. The lowest BCUT2D eigenvalue weighted by atomic mass is 10.1. The van der Waals surface area contributed by atoms with Crippen LogP contribution in [0.4, 0.5) is 0 Å². The van der Waals surface area contributed by atoms with Gasteiger partial charge < -0.3 is 15.7 Å². The molecule has 1 aromatic heterocycles. The molecule has 2 unspecified atom stereocenters. The van der Waals surface area contributed by atoms with Gasteiger partial charge in [0.2, 0.25) is 0 Å². The molecule has 2 aromatic rings. The lowest BCUT2D eigenvalue weighted by Gasteiger charge is -2.19. The minimum Gasteiger partial charge on any atom is -0.390 e. The third-order valence-electron chi connectivity index (χ3n) is 3.74. The fourth-order valence-electron chi connectivity index (χ4n) is 2.39. The summed E-state index contributed by atoms with van der Waals surface area (Å²) in [6.45, 7) is 4.53. The van der Waals surface area contributed by atoms with Gasteiger partial charge in [0, 0.05) is 11.6 Å². The SMILES string of the molecule is CCNC(=NCC(O)CS(=O)(=O)c1cccs1)NC(C)c1ccc(Cl)cc1.I. The van der Waals surface area contributed by atoms with Gasteiger partial charge in [-0.2, -0.15) is 0 Å². The van der Waals surface area contributed by atoms with E-state index in [0.29, 0.717) is 17.5 Å². The number of thiophene rings is 1. The summed E-state index contributed by atoms with van der Waals surface area (Å²) in [5, 5.41) is 18.8. The zero-order valence-electron chi connectivity index (χ0n) is 15.6. The standard InChI is InChI=1S/C18H24ClN3O3S2.HI/c1-3-20-18(22-13(2)14-6-8-15(19)9-7-14)21-11-16(23)12-27(24,25)17-5-4-10-26-17;/h4-10,13,16,23H,3,11-12H2,1-2H3,(H2,20,21,22);1H. The maximum Gasteiger partial charge on any atom is 0.191 e. The Morgan fingerprint density at radius 2 is 1.96 bits per heavy atom. The number of sulfone groups is 1. The molecular weight excluding hydrogens is 533 g/mol. The van der Waals surface area contributed by atoms with Crippen molar-refractivity contribution < 1.29 is 13.5 Å². The van der Waals surface area contributed by atoms with Crippen molar-refractivity contribution in [3.05, 3.63) is 52.4 Å². The Morgan fingerprint density at radius 3 is 2.54 bits per heavy atom. The number of aliphatic hydroxyl groups is 1. The van der Waals surface area contributed by atoms with Crippen LogP contribution in [0.15, 0.2) is 51.0 Å². The van der Waals surface area contributed by atoms with Crippen LogP contribution in [0.3, 0.4) is 0 Å². The normalized spacial score (nSPS) is 14.1. The van der Waals surface area contributed by atoms with Crippen LogP contribution in [0, 0.1) is 0 Å². The molecule has 28 heavy (non-hydrogen) atoms. The molecule has 0 saturated heterocycles. The fourth-order valence-corrected chi connectivity index (χ4v) is 4.98. The topological polar surface area (TPSA) is 90.8 Å². The van der Waals surface area contributed by atoms with Gasteiger partial charge in [0.05, 0.1) is 24.4 Å².